The highest BCUT2D eigenvalue weighted by molar-refractivity contribution is 8.01. The highest BCUT2D eigenvalue weighted by Crippen LogP contribution is 2.39. The number of carbonyl (C=O) groups excluding carboxylic acids is 1. The molecule has 1 rings (SSSR count). The van der Waals surface area contributed by atoms with Gasteiger partial charge in [-0.25, -0.2) is 4.79 Å². The second-order valence-corrected chi connectivity index (χ2v) is 4.55. The van der Waals surface area contributed by atoms with E-state index in [0.29, 0.717) is 0 Å². The van der Waals surface area contributed by atoms with E-state index in [1.54, 1.807) is 12.3 Å². The number of hydrogen-bond acceptors (Lipinski definition) is 3. The quantitative estimate of drug-likeness (QED) is 0.696. The lowest BCUT2D eigenvalue weighted by Crippen LogP contribution is -2.53. The first-order chi connectivity index (χ1) is 7.00. The number of thioether (sulfide) groups is 1. The summed E-state index contributed by atoms with van der Waals surface area (Å²) in [5.74, 6) is -1.24. The Morgan fingerprint density at radius 1 is 1.53 bits per heavy atom. The molecule has 1 aliphatic rings. The molecule has 0 aromatic rings. The van der Waals surface area contributed by atoms with Gasteiger partial charge in [-0.2, -0.15) is 0 Å². The van der Waals surface area contributed by atoms with Crippen LogP contribution in [0.15, 0.2) is 11.5 Å². The number of carboxylic acids is 1. The molecule has 84 valence electrons. The largest absolute Gasteiger partial charge is 0.480 e. The van der Waals surface area contributed by atoms with Crippen LogP contribution in [0.3, 0.4) is 0 Å². The molecule has 0 aromatic carbocycles. The minimum Gasteiger partial charge on any atom is -0.480 e. The van der Waals surface area contributed by atoms with E-state index in [1.165, 1.54) is 17.8 Å². The third-order valence-electron chi connectivity index (χ3n) is 2.58. The van der Waals surface area contributed by atoms with Crippen molar-refractivity contribution < 1.29 is 14.7 Å². The van der Waals surface area contributed by atoms with Crippen LogP contribution in [0.25, 0.3) is 0 Å². The fraction of sp³-hybridized carbons (Fsp3) is 0.600. The second-order valence-electron chi connectivity index (χ2n) is 3.81. The summed E-state index contributed by atoms with van der Waals surface area (Å²) in [4.78, 5) is 22.4. The van der Waals surface area contributed by atoms with E-state index in [2.05, 4.69) is 5.32 Å². The topological polar surface area (TPSA) is 66.4 Å². The van der Waals surface area contributed by atoms with Crippen molar-refractivity contribution in [3.05, 3.63) is 11.5 Å². The maximum atomic E-state index is 11.4. The zero-order valence-electron chi connectivity index (χ0n) is 8.82. The number of nitrogens with one attached hydrogen (secondary N) is 1. The van der Waals surface area contributed by atoms with Crippen LogP contribution >= 0.6 is 11.8 Å². The summed E-state index contributed by atoms with van der Waals surface area (Å²) < 4.78 is 0. The summed E-state index contributed by atoms with van der Waals surface area (Å²) >= 11 is 1.40. The average Bonchev–Trinajstić information content (AvgIpc) is 2.97. The van der Waals surface area contributed by atoms with Gasteiger partial charge >= 0.3 is 5.97 Å². The molecule has 0 saturated heterocycles. The lowest BCUT2D eigenvalue weighted by Gasteiger charge is -2.25. The number of hydrogen-bond donors (Lipinski definition) is 2. The van der Waals surface area contributed by atoms with Gasteiger partial charge in [-0.3, -0.25) is 4.79 Å². The lowest BCUT2D eigenvalue weighted by molar-refractivity contribution is -0.147. The highest BCUT2D eigenvalue weighted by Gasteiger charge is 2.48. The Morgan fingerprint density at radius 2 is 2.13 bits per heavy atom. The molecule has 0 aromatic heterocycles. The predicted octanol–water partition coefficient (Wildman–Crippen LogP) is 1.23. The molecule has 1 amide bonds. The van der Waals surface area contributed by atoms with E-state index in [9.17, 15) is 9.59 Å². The van der Waals surface area contributed by atoms with Crippen LogP contribution in [0, 0.1) is 5.92 Å². The van der Waals surface area contributed by atoms with Crippen molar-refractivity contribution in [3.8, 4) is 0 Å². The van der Waals surface area contributed by atoms with Gasteiger partial charge < -0.3 is 10.4 Å². The molecule has 1 fully saturated rings. The van der Waals surface area contributed by atoms with Gasteiger partial charge in [0.1, 0.15) is 5.54 Å². The Labute approximate surface area is 93.1 Å². The molecule has 0 spiro atoms. The SMILES string of the molecule is CS/C=C/C(=O)NC(C)(C(=O)O)C1CC1. The summed E-state index contributed by atoms with van der Waals surface area (Å²) in [6.45, 7) is 1.57. The third kappa shape index (κ3) is 2.99. The molecule has 5 heteroatoms. The molecule has 0 heterocycles. The number of rotatable bonds is 5. The molecule has 4 nitrogen and oxygen atoms in total. The lowest BCUT2D eigenvalue weighted by atomic mass is 9.96. The molecule has 0 bridgehead atoms. The van der Waals surface area contributed by atoms with Crippen LogP contribution in [0.4, 0.5) is 0 Å². The predicted molar refractivity (Wildman–Crippen MR) is 59.6 cm³/mol. The summed E-state index contributed by atoms with van der Waals surface area (Å²) in [5, 5.41) is 13.3. The second kappa shape index (κ2) is 4.70. The zero-order chi connectivity index (χ0) is 11.5. The Morgan fingerprint density at radius 3 is 2.53 bits per heavy atom. The highest BCUT2D eigenvalue weighted by atomic mass is 32.2. The van der Waals surface area contributed by atoms with Crippen LogP contribution < -0.4 is 5.32 Å². The van der Waals surface area contributed by atoms with Crippen LogP contribution in [0.1, 0.15) is 19.8 Å². The van der Waals surface area contributed by atoms with Crippen molar-refractivity contribution in [2.75, 3.05) is 6.26 Å². The monoisotopic (exact) mass is 229 g/mol. The molecule has 0 aliphatic heterocycles. The van der Waals surface area contributed by atoms with Crippen molar-refractivity contribution in [1.82, 2.24) is 5.32 Å². The number of aliphatic carboxylic acids is 1. The van der Waals surface area contributed by atoms with Gasteiger partial charge in [-0.1, -0.05) is 0 Å². The van der Waals surface area contributed by atoms with Gasteiger partial charge in [-0.15, -0.1) is 11.8 Å². The summed E-state index contributed by atoms with van der Waals surface area (Å²) in [6, 6.07) is 0. The molecule has 0 radical (unpaired) electrons. The van der Waals surface area contributed by atoms with Crippen LogP contribution in [0.2, 0.25) is 0 Å². The van der Waals surface area contributed by atoms with E-state index in [4.69, 9.17) is 5.11 Å². The van der Waals surface area contributed by atoms with Crippen LogP contribution in [0.5, 0.6) is 0 Å². The molecule has 1 aliphatic carbocycles. The fourth-order valence-corrected chi connectivity index (χ4v) is 1.68. The first-order valence-corrected chi connectivity index (χ1v) is 6.04. The van der Waals surface area contributed by atoms with E-state index in [0.717, 1.165) is 12.8 Å². The van der Waals surface area contributed by atoms with E-state index in [1.807, 2.05) is 6.26 Å². The number of amides is 1. The Hall–Kier alpha value is -0.970. The third-order valence-corrected chi connectivity index (χ3v) is 2.98. The Kier molecular flexibility index (Phi) is 3.79. The average molecular weight is 229 g/mol. The standard InChI is InChI=1S/C10H15NO3S/c1-10(9(13)14,7-3-4-7)11-8(12)5-6-15-2/h5-7H,3-4H2,1-2H3,(H,11,12)(H,13,14)/b6-5+. The van der Waals surface area contributed by atoms with Crippen LogP contribution in [-0.4, -0.2) is 28.8 Å². The minimum absolute atomic E-state index is 0.0710. The number of carbonyl (C=O) groups is 2. The molecule has 1 unspecified atom stereocenters. The normalized spacial score (nSPS) is 19.9. The van der Waals surface area contributed by atoms with E-state index >= 15 is 0 Å². The smallest absolute Gasteiger partial charge is 0.329 e. The van der Waals surface area contributed by atoms with Gasteiger partial charge in [0.15, 0.2) is 0 Å². The van der Waals surface area contributed by atoms with Gasteiger partial charge in [0, 0.05) is 6.08 Å². The minimum atomic E-state index is -1.11. The van der Waals surface area contributed by atoms with Gasteiger partial charge in [0.25, 0.3) is 0 Å². The Balaban J connectivity index is 2.63. The molecule has 2 N–H and O–H groups in total. The van der Waals surface area contributed by atoms with E-state index < -0.39 is 11.5 Å². The molecule has 1 saturated carbocycles. The molecule has 1 atom stereocenters. The maximum Gasteiger partial charge on any atom is 0.329 e. The van der Waals surface area contributed by atoms with Gasteiger partial charge in [0.05, 0.1) is 0 Å². The zero-order valence-corrected chi connectivity index (χ0v) is 9.63. The van der Waals surface area contributed by atoms with Gasteiger partial charge in [-0.05, 0) is 37.3 Å². The van der Waals surface area contributed by atoms with Crippen molar-refractivity contribution in [3.63, 3.8) is 0 Å². The van der Waals surface area contributed by atoms with Crippen molar-refractivity contribution >= 4 is 23.6 Å². The van der Waals surface area contributed by atoms with Crippen LogP contribution in [-0.2, 0) is 9.59 Å². The van der Waals surface area contributed by atoms with Crippen molar-refractivity contribution in [2.24, 2.45) is 5.92 Å². The van der Waals surface area contributed by atoms with Gasteiger partial charge in [0.2, 0.25) is 5.91 Å². The first kappa shape index (κ1) is 12.1. The summed E-state index contributed by atoms with van der Waals surface area (Å²) in [6.07, 6.45) is 4.93. The van der Waals surface area contributed by atoms with Crippen molar-refractivity contribution in [1.29, 1.82) is 0 Å². The Bertz CT molecular complexity index is 299. The summed E-state index contributed by atoms with van der Waals surface area (Å²) in [7, 11) is 0. The number of carboxylic acid groups (broad SMARTS) is 1. The molecule has 15 heavy (non-hydrogen) atoms. The van der Waals surface area contributed by atoms with Crippen molar-refractivity contribution in [2.45, 2.75) is 25.3 Å². The molecular weight excluding hydrogens is 214 g/mol. The maximum absolute atomic E-state index is 11.4. The summed E-state index contributed by atoms with van der Waals surface area (Å²) in [5.41, 5.74) is -1.11. The first-order valence-electron chi connectivity index (χ1n) is 4.75. The molecular formula is C10H15NO3S. The fourth-order valence-electron chi connectivity index (χ4n) is 1.42. The van der Waals surface area contributed by atoms with E-state index in [-0.39, 0.29) is 11.8 Å².